The Balaban J connectivity index is 1.40. The molecular weight excluding hydrogens is 364 g/mol. The van der Waals surface area contributed by atoms with Crippen molar-refractivity contribution in [2.75, 3.05) is 78.5 Å². The highest BCUT2D eigenvalue weighted by Gasteiger charge is 2.24. The van der Waals surface area contributed by atoms with Gasteiger partial charge >= 0.3 is 0 Å². The number of hydrogen-bond acceptors (Lipinski definition) is 4. The summed E-state index contributed by atoms with van der Waals surface area (Å²) in [6.45, 7) is 16.2. The zero-order chi connectivity index (χ0) is 20.5. The van der Waals surface area contributed by atoms with Crippen molar-refractivity contribution in [3.63, 3.8) is 0 Å². The lowest BCUT2D eigenvalue weighted by atomic mass is 9.94. The van der Waals surface area contributed by atoms with Gasteiger partial charge in [0.1, 0.15) is 0 Å². The van der Waals surface area contributed by atoms with Crippen molar-refractivity contribution in [1.82, 2.24) is 24.9 Å². The summed E-state index contributed by atoms with van der Waals surface area (Å²) < 4.78 is 0. The highest BCUT2D eigenvalue weighted by Crippen LogP contribution is 2.20. The minimum Gasteiger partial charge on any atom is -0.357 e. The molecule has 3 aliphatic rings. The largest absolute Gasteiger partial charge is 0.357 e. The molecule has 3 rings (SSSR count). The van der Waals surface area contributed by atoms with Gasteiger partial charge < -0.3 is 20.0 Å². The minimum absolute atomic E-state index is 0.311. The van der Waals surface area contributed by atoms with Crippen LogP contribution in [-0.4, -0.2) is 110 Å². The Hall–Kier alpha value is -1.34. The summed E-state index contributed by atoms with van der Waals surface area (Å²) in [5, 5.41) is 3.48. The number of carbonyl (C=O) groups is 1. The first-order chi connectivity index (χ1) is 14.2. The van der Waals surface area contributed by atoms with E-state index in [0.29, 0.717) is 12.5 Å². The second-order valence-electron chi connectivity index (χ2n) is 8.75. The van der Waals surface area contributed by atoms with E-state index in [1.807, 2.05) is 4.90 Å². The lowest BCUT2D eigenvalue weighted by Crippen LogP contribution is -2.54. The summed E-state index contributed by atoms with van der Waals surface area (Å²) >= 11 is 0. The molecule has 0 aromatic heterocycles. The fourth-order valence-electron chi connectivity index (χ4n) is 4.75. The van der Waals surface area contributed by atoms with Crippen LogP contribution in [0.25, 0.3) is 0 Å². The Bertz CT molecular complexity index is 517. The standard InChI is InChI=1S/C22H42N6O/c1-3-23-22(24-10-7-20-8-13-25(4-2)14-9-20)28-17-15-26(16-18-28)19-21(29)27-11-5-6-12-27/h20H,3-19H2,1-2H3,(H,23,24). The molecule has 0 saturated carbocycles. The number of nitrogens with one attached hydrogen (secondary N) is 1. The number of nitrogens with zero attached hydrogens (tertiary/aromatic N) is 5. The molecule has 7 heteroatoms. The molecule has 0 aliphatic carbocycles. The van der Waals surface area contributed by atoms with Gasteiger partial charge in [-0.05, 0) is 64.6 Å². The van der Waals surface area contributed by atoms with Gasteiger partial charge in [-0.25, -0.2) is 0 Å². The fourth-order valence-corrected chi connectivity index (χ4v) is 4.75. The number of likely N-dealkylation sites (tertiary alicyclic amines) is 2. The second kappa shape index (κ2) is 11.7. The molecule has 0 radical (unpaired) electrons. The SMILES string of the molecule is CCNC(=NCCC1CCN(CC)CC1)N1CCN(CC(=O)N2CCCC2)CC1. The number of aliphatic imine (C=N–C) groups is 1. The summed E-state index contributed by atoms with van der Waals surface area (Å²) in [4.78, 5) is 26.6. The molecule has 0 bridgehead atoms. The minimum atomic E-state index is 0.311. The summed E-state index contributed by atoms with van der Waals surface area (Å²) in [6, 6.07) is 0. The monoisotopic (exact) mass is 406 g/mol. The lowest BCUT2D eigenvalue weighted by molar-refractivity contribution is -0.131. The van der Waals surface area contributed by atoms with Gasteiger partial charge in [0.05, 0.1) is 6.54 Å². The first-order valence-corrected chi connectivity index (χ1v) is 11.9. The predicted molar refractivity (Wildman–Crippen MR) is 119 cm³/mol. The normalized spacial score (nSPS) is 23.0. The topological polar surface area (TPSA) is 54.4 Å². The van der Waals surface area contributed by atoms with Crippen molar-refractivity contribution in [3.05, 3.63) is 0 Å². The van der Waals surface area contributed by atoms with Crippen LogP contribution in [0.15, 0.2) is 4.99 Å². The highest BCUT2D eigenvalue weighted by molar-refractivity contribution is 5.80. The second-order valence-corrected chi connectivity index (χ2v) is 8.75. The van der Waals surface area contributed by atoms with Crippen molar-refractivity contribution < 1.29 is 4.79 Å². The van der Waals surface area contributed by atoms with E-state index >= 15 is 0 Å². The zero-order valence-corrected chi connectivity index (χ0v) is 18.7. The lowest BCUT2D eigenvalue weighted by Gasteiger charge is -2.36. The molecule has 0 aromatic rings. The molecule has 29 heavy (non-hydrogen) atoms. The van der Waals surface area contributed by atoms with Crippen LogP contribution in [0.1, 0.15) is 46.0 Å². The maximum absolute atomic E-state index is 12.4. The van der Waals surface area contributed by atoms with Crippen LogP contribution in [0.3, 0.4) is 0 Å². The van der Waals surface area contributed by atoms with Crippen LogP contribution in [0, 0.1) is 5.92 Å². The fraction of sp³-hybridized carbons (Fsp3) is 0.909. The van der Waals surface area contributed by atoms with E-state index in [1.54, 1.807) is 0 Å². The van der Waals surface area contributed by atoms with Crippen molar-refractivity contribution in [2.45, 2.75) is 46.0 Å². The number of piperazine rings is 1. The summed E-state index contributed by atoms with van der Waals surface area (Å²) in [5.41, 5.74) is 0. The van der Waals surface area contributed by atoms with Crippen LogP contribution < -0.4 is 5.32 Å². The van der Waals surface area contributed by atoms with Crippen LogP contribution in [0.4, 0.5) is 0 Å². The van der Waals surface area contributed by atoms with Gasteiger partial charge in [0.15, 0.2) is 5.96 Å². The molecule has 166 valence electrons. The van der Waals surface area contributed by atoms with Crippen molar-refractivity contribution >= 4 is 11.9 Å². The third-order valence-corrected chi connectivity index (χ3v) is 6.78. The van der Waals surface area contributed by atoms with Gasteiger partial charge in [-0.3, -0.25) is 14.7 Å². The Morgan fingerprint density at radius 1 is 0.897 bits per heavy atom. The van der Waals surface area contributed by atoms with E-state index in [9.17, 15) is 4.79 Å². The summed E-state index contributed by atoms with van der Waals surface area (Å²) in [7, 11) is 0. The predicted octanol–water partition coefficient (Wildman–Crippen LogP) is 1.31. The number of rotatable bonds is 7. The third kappa shape index (κ3) is 6.85. The van der Waals surface area contributed by atoms with E-state index in [1.165, 1.54) is 51.7 Å². The van der Waals surface area contributed by atoms with Crippen molar-refractivity contribution in [1.29, 1.82) is 0 Å². The summed E-state index contributed by atoms with van der Waals surface area (Å²) in [6.07, 6.45) is 6.18. The number of guanidine groups is 1. The first kappa shape index (κ1) is 22.3. The quantitative estimate of drug-likeness (QED) is 0.510. The molecule has 3 fully saturated rings. The Morgan fingerprint density at radius 3 is 2.21 bits per heavy atom. The maximum atomic E-state index is 12.4. The Kier molecular flexibility index (Phi) is 9.05. The van der Waals surface area contributed by atoms with Gasteiger partial charge in [-0.2, -0.15) is 0 Å². The Labute approximate surface area is 177 Å². The Morgan fingerprint density at radius 2 is 1.59 bits per heavy atom. The van der Waals surface area contributed by atoms with Gasteiger partial charge in [0, 0.05) is 52.4 Å². The van der Waals surface area contributed by atoms with Gasteiger partial charge in [0.25, 0.3) is 0 Å². The molecule has 7 nitrogen and oxygen atoms in total. The highest BCUT2D eigenvalue weighted by atomic mass is 16.2. The van der Waals surface area contributed by atoms with Crippen LogP contribution in [0.2, 0.25) is 0 Å². The van der Waals surface area contributed by atoms with Gasteiger partial charge in [-0.1, -0.05) is 6.92 Å². The molecule has 3 heterocycles. The maximum Gasteiger partial charge on any atom is 0.236 e. The zero-order valence-electron chi connectivity index (χ0n) is 18.7. The number of piperidine rings is 1. The van der Waals surface area contributed by atoms with Crippen LogP contribution in [-0.2, 0) is 4.79 Å². The van der Waals surface area contributed by atoms with E-state index in [4.69, 9.17) is 4.99 Å². The molecule has 0 atom stereocenters. The van der Waals surface area contributed by atoms with Crippen LogP contribution in [0.5, 0.6) is 0 Å². The number of hydrogen-bond donors (Lipinski definition) is 1. The van der Waals surface area contributed by atoms with E-state index < -0.39 is 0 Å². The third-order valence-electron chi connectivity index (χ3n) is 6.78. The molecule has 0 unspecified atom stereocenters. The van der Waals surface area contributed by atoms with Gasteiger partial charge in [0.2, 0.25) is 5.91 Å². The molecular formula is C22H42N6O. The smallest absolute Gasteiger partial charge is 0.236 e. The molecule has 3 saturated heterocycles. The first-order valence-electron chi connectivity index (χ1n) is 11.9. The van der Waals surface area contributed by atoms with E-state index in [-0.39, 0.29) is 0 Å². The van der Waals surface area contributed by atoms with Crippen molar-refractivity contribution in [2.24, 2.45) is 10.9 Å². The van der Waals surface area contributed by atoms with Crippen LogP contribution >= 0.6 is 0 Å². The van der Waals surface area contributed by atoms with E-state index in [2.05, 4.69) is 33.9 Å². The number of carbonyl (C=O) groups excluding carboxylic acids is 1. The molecule has 1 amide bonds. The molecule has 3 aliphatic heterocycles. The average Bonchev–Trinajstić information content (AvgIpc) is 3.29. The van der Waals surface area contributed by atoms with E-state index in [0.717, 1.165) is 64.2 Å². The van der Waals surface area contributed by atoms with Crippen molar-refractivity contribution in [3.8, 4) is 0 Å². The summed E-state index contributed by atoms with van der Waals surface area (Å²) in [5.74, 6) is 2.20. The molecule has 0 spiro atoms. The molecule has 1 N–H and O–H groups in total. The average molecular weight is 407 g/mol. The van der Waals surface area contributed by atoms with Gasteiger partial charge in [-0.15, -0.1) is 0 Å². The number of amides is 1. The molecule has 0 aromatic carbocycles.